The van der Waals surface area contributed by atoms with E-state index in [9.17, 15) is 13.2 Å². The van der Waals surface area contributed by atoms with E-state index in [1.54, 1.807) is 24.3 Å². The summed E-state index contributed by atoms with van der Waals surface area (Å²) in [5.74, 6) is 0. The summed E-state index contributed by atoms with van der Waals surface area (Å²) in [5.41, 5.74) is 6.59. The Kier molecular flexibility index (Phi) is 3.35. The van der Waals surface area contributed by atoms with E-state index in [0.717, 1.165) is 5.56 Å². The van der Waals surface area contributed by atoms with Gasteiger partial charge < -0.3 is 11.1 Å². The number of alkyl halides is 3. The van der Waals surface area contributed by atoms with Crippen LogP contribution in [0.15, 0.2) is 24.3 Å². The van der Waals surface area contributed by atoms with Crippen molar-refractivity contribution in [3.63, 3.8) is 0 Å². The summed E-state index contributed by atoms with van der Waals surface area (Å²) in [4.78, 5) is 0. The molecular formula is C9H11F3N2. The Morgan fingerprint density at radius 1 is 1.29 bits per heavy atom. The summed E-state index contributed by atoms with van der Waals surface area (Å²) in [6, 6.07) is 6.61. The minimum Gasteiger partial charge on any atom is -0.376 e. The molecule has 0 aliphatic rings. The molecule has 0 radical (unpaired) electrons. The van der Waals surface area contributed by atoms with Crippen LogP contribution < -0.4 is 11.1 Å². The van der Waals surface area contributed by atoms with Crippen molar-refractivity contribution in [3.05, 3.63) is 29.8 Å². The van der Waals surface area contributed by atoms with E-state index in [4.69, 9.17) is 5.73 Å². The van der Waals surface area contributed by atoms with Crippen molar-refractivity contribution in [2.45, 2.75) is 12.7 Å². The number of rotatable bonds is 3. The van der Waals surface area contributed by atoms with E-state index in [1.165, 1.54) is 0 Å². The van der Waals surface area contributed by atoms with E-state index in [0.29, 0.717) is 12.2 Å². The van der Waals surface area contributed by atoms with Crippen molar-refractivity contribution in [3.8, 4) is 0 Å². The maximum Gasteiger partial charge on any atom is 0.405 e. The van der Waals surface area contributed by atoms with Gasteiger partial charge in [-0.25, -0.2) is 0 Å². The second kappa shape index (κ2) is 4.32. The van der Waals surface area contributed by atoms with Crippen molar-refractivity contribution in [2.75, 3.05) is 11.9 Å². The number of hydrogen-bond acceptors (Lipinski definition) is 2. The van der Waals surface area contributed by atoms with Crippen molar-refractivity contribution in [1.82, 2.24) is 0 Å². The van der Waals surface area contributed by atoms with Crippen LogP contribution in [0.2, 0.25) is 0 Å². The quantitative estimate of drug-likeness (QED) is 0.791. The third-order valence-electron chi connectivity index (χ3n) is 1.66. The molecule has 0 spiro atoms. The van der Waals surface area contributed by atoms with Crippen LogP contribution in [-0.4, -0.2) is 12.7 Å². The summed E-state index contributed by atoms with van der Waals surface area (Å²) in [5, 5.41) is 2.28. The lowest BCUT2D eigenvalue weighted by molar-refractivity contribution is -0.115. The third-order valence-corrected chi connectivity index (χ3v) is 1.66. The second-order valence-corrected chi connectivity index (χ2v) is 2.87. The van der Waals surface area contributed by atoms with Gasteiger partial charge in [0, 0.05) is 12.2 Å². The van der Waals surface area contributed by atoms with E-state index in [2.05, 4.69) is 5.32 Å². The lowest BCUT2D eigenvalue weighted by Crippen LogP contribution is -2.21. The Labute approximate surface area is 79.9 Å². The van der Waals surface area contributed by atoms with Gasteiger partial charge in [0.1, 0.15) is 6.54 Å². The van der Waals surface area contributed by atoms with Crippen LogP contribution in [0.1, 0.15) is 5.56 Å². The standard InChI is InChI=1S/C9H11F3N2/c10-9(11,12)6-14-8-3-1-2-7(4-8)5-13/h1-4,14H,5-6,13H2. The Morgan fingerprint density at radius 2 is 2.00 bits per heavy atom. The molecule has 0 amide bonds. The van der Waals surface area contributed by atoms with Gasteiger partial charge in [0.2, 0.25) is 0 Å². The van der Waals surface area contributed by atoms with E-state index in [-0.39, 0.29) is 0 Å². The molecule has 0 heterocycles. The molecule has 3 N–H and O–H groups in total. The normalized spacial score (nSPS) is 11.4. The Morgan fingerprint density at radius 3 is 2.57 bits per heavy atom. The molecule has 0 saturated heterocycles. The molecule has 0 aromatic heterocycles. The fourth-order valence-electron chi connectivity index (χ4n) is 1.01. The first-order valence-corrected chi connectivity index (χ1v) is 4.11. The Bertz CT molecular complexity index is 296. The van der Waals surface area contributed by atoms with Crippen LogP contribution >= 0.6 is 0 Å². The van der Waals surface area contributed by atoms with Crippen molar-refractivity contribution in [2.24, 2.45) is 5.73 Å². The predicted molar refractivity (Wildman–Crippen MR) is 48.9 cm³/mol. The van der Waals surface area contributed by atoms with Gasteiger partial charge >= 0.3 is 6.18 Å². The highest BCUT2D eigenvalue weighted by atomic mass is 19.4. The molecule has 0 bridgehead atoms. The average molecular weight is 204 g/mol. The first-order valence-electron chi connectivity index (χ1n) is 4.11. The Hall–Kier alpha value is -1.23. The molecule has 0 atom stereocenters. The molecule has 0 unspecified atom stereocenters. The summed E-state index contributed by atoms with van der Waals surface area (Å²) in [6.45, 7) is -0.706. The largest absolute Gasteiger partial charge is 0.405 e. The lowest BCUT2D eigenvalue weighted by atomic mass is 10.2. The van der Waals surface area contributed by atoms with Crippen LogP contribution in [0.4, 0.5) is 18.9 Å². The van der Waals surface area contributed by atoms with Gasteiger partial charge in [-0.2, -0.15) is 13.2 Å². The molecular weight excluding hydrogens is 193 g/mol. The molecule has 0 saturated carbocycles. The molecule has 5 heteroatoms. The molecule has 2 nitrogen and oxygen atoms in total. The second-order valence-electron chi connectivity index (χ2n) is 2.87. The highest BCUT2D eigenvalue weighted by molar-refractivity contribution is 5.45. The molecule has 78 valence electrons. The number of nitrogens with two attached hydrogens (primary N) is 1. The summed E-state index contributed by atoms with van der Waals surface area (Å²) in [7, 11) is 0. The van der Waals surface area contributed by atoms with Crippen molar-refractivity contribution >= 4 is 5.69 Å². The highest BCUT2D eigenvalue weighted by Gasteiger charge is 2.26. The van der Waals surface area contributed by atoms with Gasteiger partial charge in [-0.1, -0.05) is 12.1 Å². The average Bonchev–Trinajstić information content (AvgIpc) is 2.14. The maximum atomic E-state index is 11.8. The monoisotopic (exact) mass is 204 g/mol. The van der Waals surface area contributed by atoms with E-state index >= 15 is 0 Å². The maximum absolute atomic E-state index is 11.8. The zero-order valence-electron chi connectivity index (χ0n) is 7.43. The zero-order valence-corrected chi connectivity index (χ0v) is 7.43. The van der Waals surface area contributed by atoms with Gasteiger partial charge in [0.05, 0.1) is 0 Å². The molecule has 1 aromatic rings. The van der Waals surface area contributed by atoms with Crippen molar-refractivity contribution in [1.29, 1.82) is 0 Å². The number of benzene rings is 1. The predicted octanol–water partition coefficient (Wildman–Crippen LogP) is 2.12. The fraction of sp³-hybridized carbons (Fsp3) is 0.333. The van der Waals surface area contributed by atoms with Gasteiger partial charge in [-0.05, 0) is 17.7 Å². The summed E-state index contributed by atoms with van der Waals surface area (Å²) >= 11 is 0. The van der Waals surface area contributed by atoms with Gasteiger partial charge in [-0.15, -0.1) is 0 Å². The molecule has 14 heavy (non-hydrogen) atoms. The topological polar surface area (TPSA) is 38.0 Å². The van der Waals surface area contributed by atoms with Gasteiger partial charge in [0.15, 0.2) is 0 Å². The molecule has 0 aliphatic carbocycles. The molecule has 0 aliphatic heterocycles. The molecule has 0 fully saturated rings. The van der Waals surface area contributed by atoms with Crippen LogP contribution in [-0.2, 0) is 6.54 Å². The fourth-order valence-corrected chi connectivity index (χ4v) is 1.01. The Balaban J connectivity index is 2.59. The minimum absolute atomic E-state index is 0.321. The number of nitrogens with one attached hydrogen (secondary N) is 1. The zero-order chi connectivity index (χ0) is 10.6. The SMILES string of the molecule is NCc1cccc(NCC(F)(F)F)c1. The lowest BCUT2D eigenvalue weighted by Gasteiger charge is -2.10. The molecule has 1 aromatic carbocycles. The van der Waals surface area contributed by atoms with Gasteiger partial charge in [0.25, 0.3) is 0 Å². The van der Waals surface area contributed by atoms with E-state index in [1.807, 2.05) is 0 Å². The van der Waals surface area contributed by atoms with Crippen molar-refractivity contribution < 1.29 is 13.2 Å². The number of halogens is 3. The van der Waals surface area contributed by atoms with Crippen LogP contribution in [0.3, 0.4) is 0 Å². The van der Waals surface area contributed by atoms with Crippen LogP contribution in [0.25, 0.3) is 0 Å². The minimum atomic E-state index is -4.20. The number of anilines is 1. The van der Waals surface area contributed by atoms with Crippen LogP contribution in [0, 0.1) is 0 Å². The first-order chi connectivity index (χ1) is 6.51. The van der Waals surface area contributed by atoms with Crippen LogP contribution in [0.5, 0.6) is 0 Å². The third kappa shape index (κ3) is 3.66. The molecule has 1 rings (SSSR count). The summed E-state index contributed by atoms with van der Waals surface area (Å²) < 4.78 is 35.5. The smallest absolute Gasteiger partial charge is 0.376 e. The summed E-state index contributed by atoms with van der Waals surface area (Å²) in [6.07, 6.45) is -4.20. The first kappa shape index (κ1) is 10.8. The van der Waals surface area contributed by atoms with E-state index < -0.39 is 12.7 Å². The highest BCUT2D eigenvalue weighted by Crippen LogP contribution is 2.17. The van der Waals surface area contributed by atoms with Gasteiger partial charge in [-0.3, -0.25) is 0 Å². The number of hydrogen-bond donors (Lipinski definition) is 2.